The van der Waals surface area contributed by atoms with Gasteiger partial charge in [-0.2, -0.15) is 0 Å². The van der Waals surface area contributed by atoms with Gasteiger partial charge >= 0.3 is 0 Å². The van der Waals surface area contributed by atoms with E-state index in [0.29, 0.717) is 0 Å². The molecule has 0 radical (unpaired) electrons. The minimum absolute atomic E-state index is 0.286. The van der Waals surface area contributed by atoms with Crippen LogP contribution in [0.15, 0.2) is 59.8 Å². The lowest BCUT2D eigenvalue weighted by Gasteiger charge is -2.15. The van der Waals surface area contributed by atoms with Gasteiger partial charge in [0.15, 0.2) is 0 Å². The summed E-state index contributed by atoms with van der Waals surface area (Å²) in [6.07, 6.45) is 8.22. The van der Waals surface area contributed by atoms with Crippen LogP contribution >= 0.6 is 0 Å². The van der Waals surface area contributed by atoms with Crippen LogP contribution in [0.25, 0.3) is 0 Å². The molecule has 0 spiro atoms. The number of benzene rings is 1. The molecule has 2 aliphatic rings. The smallest absolute Gasteiger partial charge is 0.128 e. The minimum Gasteiger partial charge on any atom is -0.331 e. The number of nitrogens with zero attached hydrogens (tertiary/aromatic N) is 2. The third-order valence-electron chi connectivity index (χ3n) is 2.76. The van der Waals surface area contributed by atoms with Crippen LogP contribution in [-0.4, -0.2) is 17.3 Å². The van der Waals surface area contributed by atoms with Crippen LogP contribution < -0.4 is 0 Å². The summed E-state index contributed by atoms with van der Waals surface area (Å²) >= 11 is 0. The second-order valence-corrected chi connectivity index (χ2v) is 3.77. The Kier molecular flexibility index (Phi) is 1.91. The van der Waals surface area contributed by atoms with Crippen molar-refractivity contribution in [1.82, 2.24) is 4.90 Å². The second-order valence-electron chi connectivity index (χ2n) is 3.77. The first-order valence-electron chi connectivity index (χ1n) is 5.18. The van der Waals surface area contributed by atoms with Crippen molar-refractivity contribution in [1.29, 1.82) is 0 Å². The molecule has 2 aliphatic heterocycles. The number of amidine groups is 1. The van der Waals surface area contributed by atoms with Crippen LogP contribution in [-0.2, 0) is 0 Å². The van der Waals surface area contributed by atoms with Gasteiger partial charge in [0.1, 0.15) is 5.84 Å². The molecule has 1 unspecified atom stereocenters. The largest absolute Gasteiger partial charge is 0.331 e. The van der Waals surface area contributed by atoms with Crippen molar-refractivity contribution in [3.63, 3.8) is 0 Å². The maximum Gasteiger partial charge on any atom is 0.128 e. The summed E-state index contributed by atoms with van der Waals surface area (Å²) in [5, 5.41) is 0. The maximum absolute atomic E-state index is 4.68. The monoisotopic (exact) mass is 196 g/mol. The molecule has 2 heteroatoms. The molecule has 0 saturated heterocycles. The molecule has 0 N–H and O–H groups in total. The molecule has 0 aliphatic carbocycles. The van der Waals surface area contributed by atoms with Crippen molar-refractivity contribution in [3.8, 4) is 0 Å². The Balaban J connectivity index is 1.91. The van der Waals surface area contributed by atoms with Crippen molar-refractivity contribution in [2.24, 2.45) is 4.99 Å². The van der Waals surface area contributed by atoms with Gasteiger partial charge in [0.05, 0.1) is 12.6 Å². The number of allylic oxidation sites excluding steroid dienone is 2. The van der Waals surface area contributed by atoms with Crippen molar-refractivity contribution in [2.45, 2.75) is 6.04 Å². The highest BCUT2D eigenvalue weighted by Crippen LogP contribution is 2.26. The third kappa shape index (κ3) is 1.48. The zero-order valence-corrected chi connectivity index (χ0v) is 8.38. The van der Waals surface area contributed by atoms with Crippen LogP contribution in [0.4, 0.5) is 0 Å². The van der Waals surface area contributed by atoms with E-state index in [0.717, 1.165) is 12.4 Å². The van der Waals surface area contributed by atoms with Crippen molar-refractivity contribution in [2.75, 3.05) is 6.54 Å². The van der Waals surface area contributed by atoms with E-state index < -0.39 is 0 Å². The molecule has 0 amide bonds. The van der Waals surface area contributed by atoms with Crippen LogP contribution in [0, 0.1) is 0 Å². The first kappa shape index (κ1) is 8.48. The summed E-state index contributed by atoms with van der Waals surface area (Å²) < 4.78 is 0. The van der Waals surface area contributed by atoms with Gasteiger partial charge in [-0.05, 0) is 17.7 Å². The molecule has 0 aromatic heterocycles. The molecule has 2 nitrogen and oxygen atoms in total. The molecule has 0 fully saturated rings. The third-order valence-corrected chi connectivity index (χ3v) is 2.76. The van der Waals surface area contributed by atoms with Crippen molar-refractivity contribution >= 4 is 5.84 Å². The fraction of sp³-hybridized carbons (Fsp3) is 0.154. The Bertz CT molecular complexity index is 443. The Labute approximate surface area is 89.3 Å². The zero-order chi connectivity index (χ0) is 10.1. The molecule has 15 heavy (non-hydrogen) atoms. The van der Waals surface area contributed by atoms with Crippen LogP contribution in [0.3, 0.4) is 0 Å². The van der Waals surface area contributed by atoms with E-state index in [-0.39, 0.29) is 6.04 Å². The summed E-state index contributed by atoms with van der Waals surface area (Å²) in [6.45, 7) is 0.959. The molecule has 0 saturated carbocycles. The van der Waals surface area contributed by atoms with E-state index in [1.807, 2.05) is 18.2 Å². The number of aliphatic imine (C=N–C) groups is 1. The van der Waals surface area contributed by atoms with E-state index in [4.69, 9.17) is 0 Å². The van der Waals surface area contributed by atoms with Gasteiger partial charge in [0.25, 0.3) is 0 Å². The van der Waals surface area contributed by atoms with E-state index in [9.17, 15) is 0 Å². The van der Waals surface area contributed by atoms with Gasteiger partial charge in [-0.15, -0.1) is 0 Å². The number of hydrogen-bond donors (Lipinski definition) is 0. The summed E-state index contributed by atoms with van der Waals surface area (Å²) in [5.41, 5.74) is 1.29. The van der Waals surface area contributed by atoms with Crippen molar-refractivity contribution < 1.29 is 0 Å². The first-order valence-corrected chi connectivity index (χ1v) is 5.18. The molecule has 1 aromatic carbocycles. The molecule has 3 rings (SSSR count). The number of rotatable bonds is 1. The molecule has 1 aromatic rings. The Morgan fingerprint density at radius 2 is 2.00 bits per heavy atom. The summed E-state index contributed by atoms with van der Waals surface area (Å²) in [7, 11) is 0. The maximum atomic E-state index is 4.68. The topological polar surface area (TPSA) is 15.6 Å². The molecular weight excluding hydrogens is 184 g/mol. The normalized spacial score (nSPS) is 22.8. The van der Waals surface area contributed by atoms with Gasteiger partial charge in [-0.3, -0.25) is 4.99 Å². The first-order chi connectivity index (χ1) is 7.43. The fourth-order valence-corrected chi connectivity index (χ4v) is 1.98. The predicted molar refractivity (Wildman–Crippen MR) is 61.6 cm³/mol. The second kappa shape index (κ2) is 3.39. The molecule has 74 valence electrons. The van der Waals surface area contributed by atoms with Crippen molar-refractivity contribution in [3.05, 3.63) is 60.3 Å². The Morgan fingerprint density at radius 3 is 2.80 bits per heavy atom. The average Bonchev–Trinajstić information content (AvgIpc) is 2.74. The van der Waals surface area contributed by atoms with Gasteiger partial charge < -0.3 is 4.90 Å². The predicted octanol–water partition coefficient (Wildman–Crippen LogP) is 2.53. The van der Waals surface area contributed by atoms with E-state index in [2.05, 4.69) is 46.4 Å². The highest BCUT2D eigenvalue weighted by Gasteiger charge is 2.23. The van der Waals surface area contributed by atoms with E-state index in [1.54, 1.807) is 0 Å². The quantitative estimate of drug-likeness (QED) is 0.674. The van der Waals surface area contributed by atoms with Gasteiger partial charge in [0.2, 0.25) is 0 Å². The van der Waals surface area contributed by atoms with Gasteiger partial charge in [-0.1, -0.05) is 36.4 Å². The highest BCUT2D eigenvalue weighted by atomic mass is 15.2. The summed E-state index contributed by atoms with van der Waals surface area (Å²) in [6, 6.07) is 10.7. The molecule has 0 bridgehead atoms. The Morgan fingerprint density at radius 1 is 1.13 bits per heavy atom. The SMILES string of the molecule is C1=CC2=NC(c3ccccc3)CN2C=C1. The summed E-state index contributed by atoms with van der Waals surface area (Å²) in [5.74, 6) is 1.08. The minimum atomic E-state index is 0.286. The van der Waals surface area contributed by atoms with E-state index in [1.165, 1.54) is 5.56 Å². The zero-order valence-electron chi connectivity index (χ0n) is 8.38. The van der Waals surface area contributed by atoms with Crippen LogP contribution in [0.1, 0.15) is 11.6 Å². The highest BCUT2D eigenvalue weighted by molar-refractivity contribution is 5.96. The molecular formula is C13H12N2. The van der Waals surface area contributed by atoms with E-state index >= 15 is 0 Å². The van der Waals surface area contributed by atoms with Crippen LogP contribution in [0.2, 0.25) is 0 Å². The lowest BCUT2D eigenvalue weighted by molar-refractivity contribution is 0.550. The van der Waals surface area contributed by atoms with Crippen LogP contribution in [0.5, 0.6) is 0 Å². The summed E-state index contributed by atoms with van der Waals surface area (Å²) in [4.78, 5) is 6.88. The standard InChI is InChI=1S/C13H12N2/c1-2-6-11(7-3-1)12-10-15-9-5-4-8-13(15)14-12/h1-9,12H,10H2. The molecule has 1 atom stereocenters. The molecule has 2 heterocycles. The fourth-order valence-electron chi connectivity index (χ4n) is 1.98. The average molecular weight is 196 g/mol. The van der Waals surface area contributed by atoms with Gasteiger partial charge in [-0.25, -0.2) is 0 Å². The lowest BCUT2D eigenvalue weighted by Crippen LogP contribution is -2.21. The lowest BCUT2D eigenvalue weighted by atomic mass is 10.1. The van der Waals surface area contributed by atoms with Gasteiger partial charge in [0, 0.05) is 6.20 Å². The number of hydrogen-bond acceptors (Lipinski definition) is 2. The Hall–Kier alpha value is -1.83. The number of fused-ring (bicyclic) bond motifs is 1.